The molecule has 0 fully saturated rings. The van der Waals surface area contributed by atoms with Crippen LogP contribution < -0.4 is 0 Å². The Balaban J connectivity index is 1.71. The van der Waals surface area contributed by atoms with Crippen LogP contribution >= 0.6 is 0 Å². The number of fused-ring (bicyclic) bond motifs is 1. The Morgan fingerprint density at radius 3 is 2.52 bits per heavy atom. The Labute approximate surface area is 127 Å². The molecular weight excluding hydrogens is 256 g/mol. The van der Waals surface area contributed by atoms with Gasteiger partial charge in [0.15, 0.2) is 0 Å². The number of benzene rings is 2. The van der Waals surface area contributed by atoms with Crippen molar-refractivity contribution in [1.82, 2.24) is 0 Å². The quantitative estimate of drug-likeness (QED) is 0.810. The summed E-state index contributed by atoms with van der Waals surface area (Å²) in [7, 11) is 0. The molecule has 0 aromatic heterocycles. The van der Waals surface area contributed by atoms with Crippen LogP contribution in [0.1, 0.15) is 48.8 Å². The van der Waals surface area contributed by atoms with Crippen LogP contribution in [-0.4, -0.2) is 5.11 Å². The van der Waals surface area contributed by atoms with E-state index in [0.717, 1.165) is 38.5 Å². The van der Waals surface area contributed by atoms with E-state index in [1.165, 1.54) is 23.1 Å². The Bertz CT molecular complexity index is 575. The van der Waals surface area contributed by atoms with Gasteiger partial charge < -0.3 is 5.11 Å². The molecule has 3 rings (SSSR count). The molecule has 2 aromatic carbocycles. The Hall–Kier alpha value is -1.60. The summed E-state index contributed by atoms with van der Waals surface area (Å²) in [5.74, 6) is 0. The molecular formula is C20H24O. The molecule has 2 aromatic rings. The van der Waals surface area contributed by atoms with Gasteiger partial charge in [-0.05, 0) is 61.6 Å². The van der Waals surface area contributed by atoms with Crippen molar-refractivity contribution in [3.63, 3.8) is 0 Å². The van der Waals surface area contributed by atoms with Gasteiger partial charge in [-0.25, -0.2) is 0 Å². The Kier molecular flexibility index (Phi) is 4.40. The van der Waals surface area contributed by atoms with Gasteiger partial charge in [0.1, 0.15) is 0 Å². The average molecular weight is 280 g/mol. The lowest BCUT2D eigenvalue weighted by atomic mass is 9.83. The molecule has 1 unspecified atom stereocenters. The monoisotopic (exact) mass is 280 g/mol. The molecule has 1 atom stereocenters. The molecule has 1 aliphatic rings. The Morgan fingerprint density at radius 2 is 1.67 bits per heavy atom. The normalized spacial score (nSPS) is 21.6. The second kappa shape index (κ2) is 6.44. The van der Waals surface area contributed by atoms with Gasteiger partial charge in [0.05, 0.1) is 5.60 Å². The molecule has 110 valence electrons. The van der Waals surface area contributed by atoms with E-state index in [2.05, 4.69) is 54.6 Å². The standard InChI is InChI=1S/C20H24O/c21-20(16-8-11-17-9-2-1-3-10-17)15-7-6-13-18-12-4-5-14-19(18)20/h1-5,9-10,12,14,21H,6-8,11,13,15-16H2. The second-order valence-corrected chi connectivity index (χ2v) is 6.23. The van der Waals surface area contributed by atoms with Gasteiger partial charge >= 0.3 is 0 Å². The van der Waals surface area contributed by atoms with Crippen molar-refractivity contribution in [3.05, 3.63) is 71.3 Å². The molecule has 0 aliphatic heterocycles. The highest BCUT2D eigenvalue weighted by Gasteiger charge is 2.31. The van der Waals surface area contributed by atoms with Crippen LogP contribution in [0.25, 0.3) is 0 Å². The van der Waals surface area contributed by atoms with Crippen LogP contribution in [0.15, 0.2) is 54.6 Å². The molecule has 1 N–H and O–H groups in total. The predicted octanol–water partition coefficient (Wildman–Crippen LogP) is 4.62. The summed E-state index contributed by atoms with van der Waals surface area (Å²) < 4.78 is 0. The number of rotatable bonds is 4. The van der Waals surface area contributed by atoms with Gasteiger partial charge in [-0.2, -0.15) is 0 Å². The van der Waals surface area contributed by atoms with Crippen molar-refractivity contribution in [3.8, 4) is 0 Å². The largest absolute Gasteiger partial charge is 0.385 e. The summed E-state index contributed by atoms with van der Waals surface area (Å²) >= 11 is 0. The zero-order valence-corrected chi connectivity index (χ0v) is 12.6. The summed E-state index contributed by atoms with van der Waals surface area (Å²) in [6.45, 7) is 0. The van der Waals surface area contributed by atoms with Crippen LogP contribution in [0.5, 0.6) is 0 Å². The number of aliphatic hydroxyl groups is 1. The minimum absolute atomic E-state index is 0.623. The van der Waals surface area contributed by atoms with Crippen LogP contribution in [0.4, 0.5) is 0 Å². The van der Waals surface area contributed by atoms with Gasteiger partial charge in [-0.15, -0.1) is 0 Å². The van der Waals surface area contributed by atoms with E-state index in [1.807, 2.05) is 0 Å². The third-order valence-corrected chi connectivity index (χ3v) is 4.70. The SMILES string of the molecule is OC1(CCCc2ccccc2)CCCCc2ccccc21. The van der Waals surface area contributed by atoms with Crippen molar-refractivity contribution < 1.29 is 5.11 Å². The highest BCUT2D eigenvalue weighted by molar-refractivity contribution is 5.33. The van der Waals surface area contributed by atoms with Gasteiger partial charge in [0.25, 0.3) is 0 Å². The van der Waals surface area contributed by atoms with Gasteiger partial charge in [-0.3, -0.25) is 0 Å². The molecule has 0 saturated heterocycles. The molecule has 0 radical (unpaired) electrons. The lowest BCUT2D eigenvalue weighted by molar-refractivity contribution is 0.0161. The minimum atomic E-state index is -0.623. The third kappa shape index (κ3) is 3.36. The van der Waals surface area contributed by atoms with Gasteiger partial charge in [0, 0.05) is 0 Å². The zero-order chi connectivity index (χ0) is 14.5. The van der Waals surface area contributed by atoms with Crippen molar-refractivity contribution in [2.45, 2.75) is 50.5 Å². The molecule has 0 heterocycles. The first-order valence-electron chi connectivity index (χ1n) is 8.13. The molecule has 1 nitrogen and oxygen atoms in total. The maximum absolute atomic E-state index is 11.2. The fourth-order valence-electron chi connectivity index (χ4n) is 3.55. The van der Waals surface area contributed by atoms with Crippen LogP contribution in [0.3, 0.4) is 0 Å². The molecule has 1 heteroatoms. The molecule has 0 spiro atoms. The van der Waals surface area contributed by atoms with Crippen LogP contribution in [0.2, 0.25) is 0 Å². The zero-order valence-electron chi connectivity index (χ0n) is 12.6. The fourth-order valence-corrected chi connectivity index (χ4v) is 3.55. The van der Waals surface area contributed by atoms with E-state index in [-0.39, 0.29) is 0 Å². The molecule has 21 heavy (non-hydrogen) atoms. The van der Waals surface area contributed by atoms with Crippen molar-refractivity contribution >= 4 is 0 Å². The first-order valence-corrected chi connectivity index (χ1v) is 8.13. The highest BCUT2D eigenvalue weighted by Crippen LogP contribution is 2.37. The van der Waals surface area contributed by atoms with Crippen molar-refractivity contribution in [2.75, 3.05) is 0 Å². The molecule has 0 saturated carbocycles. The van der Waals surface area contributed by atoms with Crippen molar-refractivity contribution in [2.24, 2.45) is 0 Å². The summed E-state index contributed by atoms with van der Waals surface area (Å²) in [5.41, 5.74) is 3.26. The summed E-state index contributed by atoms with van der Waals surface area (Å²) in [4.78, 5) is 0. The van der Waals surface area contributed by atoms with E-state index in [1.54, 1.807) is 0 Å². The topological polar surface area (TPSA) is 20.2 Å². The van der Waals surface area contributed by atoms with E-state index >= 15 is 0 Å². The van der Waals surface area contributed by atoms with Gasteiger partial charge in [-0.1, -0.05) is 54.6 Å². The first kappa shape index (κ1) is 14.3. The lowest BCUT2D eigenvalue weighted by Crippen LogP contribution is -2.26. The Morgan fingerprint density at radius 1 is 0.905 bits per heavy atom. The summed E-state index contributed by atoms with van der Waals surface area (Å²) in [6.07, 6.45) is 7.27. The number of hydrogen-bond acceptors (Lipinski definition) is 1. The number of aryl methyl sites for hydroxylation is 2. The van der Waals surface area contributed by atoms with Crippen molar-refractivity contribution in [1.29, 1.82) is 0 Å². The van der Waals surface area contributed by atoms with Gasteiger partial charge in [0.2, 0.25) is 0 Å². The smallest absolute Gasteiger partial charge is 0.0899 e. The van der Waals surface area contributed by atoms with Crippen LogP contribution in [0, 0.1) is 0 Å². The maximum Gasteiger partial charge on any atom is 0.0899 e. The van der Waals surface area contributed by atoms with Crippen LogP contribution in [-0.2, 0) is 18.4 Å². The first-order chi connectivity index (χ1) is 10.3. The lowest BCUT2D eigenvalue weighted by Gasteiger charge is -2.29. The minimum Gasteiger partial charge on any atom is -0.385 e. The summed E-state index contributed by atoms with van der Waals surface area (Å²) in [5, 5.41) is 11.2. The maximum atomic E-state index is 11.2. The second-order valence-electron chi connectivity index (χ2n) is 6.23. The van der Waals surface area contributed by atoms with E-state index in [4.69, 9.17) is 0 Å². The highest BCUT2D eigenvalue weighted by atomic mass is 16.3. The molecule has 1 aliphatic carbocycles. The summed E-state index contributed by atoms with van der Waals surface area (Å²) in [6, 6.07) is 19.0. The number of hydrogen-bond donors (Lipinski definition) is 1. The molecule has 0 amide bonds. The molecule has 0 bridgehead atoms. The third-order valence-electron chi connectivity index (χ3n) is 4.70. The predicted molar refractivity (Wildman–Crippen MR) is 87.3 cm³/mol. The van der Waals surface area contributed by atoms with E-state index in [0.29, 0.717) is 0 Å². The fraction of sp³-hybridized carbons (Fsp3) is 0.400. The average Bonchev–Trinajstić information content (AvgIpc) is 2.69. The van der Waals surface area contributed by atoms with E-state index < -0.39 is 5.60 Å². The van der Waals surface area contributed by atoms with E-state index in [9.17, 15) is 5.11 Å².